The van der Waals surface area contributed by atoms with Crippen LogP contribution in [0, 0.1) is 6.92 Å². The van der Waals surface area contributed by atoms with E-state index in [1.54, 1.807) is 25.1 Å². The van der Waals surface area contributed by atoms with Gasteiger partial charge in [0.2, 0.25) is 5.89 Å². The Labute approximate surface area is 103 Å². The molecule has 18 heavy (non-hydrogen) atoms. The third kappa shape index (κ3) is 2.40. The topological polar surface area (TPSA) is 120 Å². The second-order valence-corrected chi connectivity index (χ2v) is 3.71. The second-order valence-electron chi connectivity index (χ2n) is 3.71. The standard InChI is InChI=1S/C11H13N5O2/c1-6-15-9(16-18-6)5-14-8-4-2-3-7(10(8)12)11(13)17/h2-4,14H,5,12H2,1H3,(H2,13,17). The first kappa shape index (κ1) is 11.9. The Kier molecular flexibility index (Phi) is 3.13. The fourth-order valence-corrected chi connectivity index (χ4v) is 1.52. The monoisotopic (exact) mass is 247 g/mol. The normalized spacial score (nSPS) is 10.3. The predicted molar refractivity (Wildman–Crippen MR) is 65.7 cm³/mol. The largest absolute Gasteiger partial charge is 0.396 e. The number of benzene rings is 1. The SMILES string of the molecule is Cc1nc(CNc2cccc(C(N)=O)c2N)no1. The molecule has 0 saturated heterocycles. The molecule has 2 rings (SSSR count). The van der Waals surface area contributed by atoms with E-state index in [-0.39, 0.29) is 5.56 Å². The maximum absolute atomic E-state index is 11.1. The van der Waals surface area contributed by atoms with Crippen LogP contribution in [0.1, 0.15) is 22.1 Å². The van der Waals surface area contributed by atoms with Crippen LogP contribution in [0.25, 0.3) is 0 Å². The molecular weight excluding hydrogens is 234 g/mol. The Morgan fingerprint density at radius 3 is 2.89 bits per heavy atom. The van der Waals surface area contributed by atoms with E-state index in [1.165, 1.54) is 0 Å². The number of carbonyl (C=O) groups is 1. The number of nitrogens with one attached hydrogen (secondary N) is 1. The van der Waals surface area contributed by atoms with Crippen molar-refractivity contribution >= 4 is 17.3 Å². The van der Waals surface area contributed by atoms with Crippen LogP contribution in [0.4, 0.5) is 11.4 Å². The minimum Gasteiger partial charge on any atom is -0.396 e. The van der Waals surface area contributed by atoms with Gasteiger partial charge in [-0.05, 0) is 12.1 Å². The fourth-order valence-electron chi connectivity index (χ4n) is 1.52. The van der Waals surface area contributed by atoms with Crippen molar-refractivity contribution in [3.8, 4) is 0 Å². The number of nitrogen functional groups attached to an aromatic ring is 1. The number of aromatic nitrogens is 2. The number of primary amides is 1. The average Bonchev–Trinajstić information content (AvgIpc) is 2.73. The number of hydrogen-bond donors (Lipinski definition) is 3. The van der Waals surface area contributed by atoms with Crippen molar-refractivity contribution in [3.05, 3.63) is 35.5 Å². The predicted octanol–water partition coefficient (Wildman–Crippen LogP) is 0.671. The van der Waals surface area contributed by atoms with Crippen molar-refractivity contribution in [2.45, 2.75) is 13.5 Å². The van der Waals surface area contributed by atoms with Crippen LogP contribution in [-0.2, 0) is 6.54 Å². The highest BCUT2D eigenvalue weighted by molar-refractivity contribution is 6.00. The number of rotatable bonds is 4. The van der Waals surface area contributed by atoms with Gasteiger partial charge in [0.1, 0.15) is 0 Å². The molecule has 2 aromatic rings. The van der Waals surface area contributed by atoms with Crippen molar-refractivity contribution < 1.29 is 9.32 Å². The Balaban J connectivity index is 2.14. The first-order valence-electron chi connectivity index (χ1n) is 5.29. The molecule has 0 aliphatic rings. The number of nitrogens with two attached hydrogens (primary N) is 2. The van der Waals surface area contributed by atoms with E-state index in [1.807, 2.05) is 0 Å². The number of aryl methyl sites for hydroxylation is 1. The second kappa shape index (κ2) is 4.74. The molecule has 0 aliphatic carbocycles. The summed E-state index contributed by atoms with van der Waals surface area (Å²) in [5.41, 5.74) is 12.2. The van der Waals surface area contributed by atoms with E-state index in [2.05, 4.69) is 15.5 Å². The van der Waals surface area contributed by atoms with Crippen LogP contribution in [0.2, 0.25) is 0 Å². The highest BCUT2D eigenvalue weighted by atomic mass is 16.5. The maximum atomic E-state index is 11.1. The van der Waals surface area contributed by atoms with Gasteiger partial charge in [0.25, 0.3) is 5.91 Å². The summed E-state index contributed by atoms with van der Waals surface area (Å²) in [5.74, 6) is 0.439. The highest BCUT2D eigenvalue weighted by Crippen LogP contribution is 2.22. The molecule has 1 aromatic heterocycles. The van der Waals surface area contributed by atoms with Crippen LogP contribution in [0.15, 0.2) is 22.7 Å². The molecule has 0 unspecified atom stereocenters. The molecule has 0 atom stereocenters. The summed E-state index contributed by atoms with van der Waals surface area (Å²) in [7, 11) is 0. The van der Waals surface area contributed by atoms with Crippen molar-refractivity contribution in [1.82, 2.24) is 10.1 Å². The van der Waals surface area contributed by atoms with Gasteiger partial charge in [-0.25, -0.2) is 0 Å². The lowest BCUT2D eigenvalue weighted by molar-refractivity contribution is 0.100. The van der Waals surface area contributed by atoms with Gasteiger partial charge < -0.3 is 21.3 Å². The molecular formula is C11H13N5O2. The molecule has 94 valence electrons. The Morgan fingerprint density at radius 1 is 1.50 bits per heavy atom. The molecule has 0 spiro atoms. The van der Waals surface area contributed by atoms with Crippen molar-refractivity contribution in [2.75, 3.05) is 11.1 Å². The smallest absolute Gasteiger partial charge is 0.250 e. The molecule has 7 nitrogen and oxygen atoms in total. The minimum absolute atomic E-state index is 0.282. The molecule has 0 fully saturated rings. The van der Waals surface area contributed by atoms with Gasteiger partial charge in [0.15, 0.2) is 5.82 Å². The van der Waals surface area contributed by atoms with E-state index in [9.17, 15) is 4.79 Å². The summed E-state index contributed by atoms with van der Waals surface area (Å²) in [6.45, 7) is 2.06. The van der Waals surface area contributed by atoms with Crippen LogP contribution < -0.4 is 16.8 Å². The number of anilines is 2. The number of para-hydroxylation sites is 1. The van der Waals surface area contributed by atoms with Crippen molar-refractivity contribution in [3.63, 3.8) is 0 Å². The molecule has 0 bridgehead atoms. The van der Waals surface area contributed by atoms with Gasteiger partial charge in [-0.1, -0.05) is 11.2 Å². The number of amides is 1. The highest BCUT2D eigenvalue weighted by Gasteiger charge is 2.10. The zero-order chi connectivity index (χ0) is 13.1. The average molecular weight is 247 g/mol. The molecule has 1 aromatic carbocycles. The zero-order valence-electron chi connectivity index (χ0n) is 9.80. The quantitative estimate of drug-likeness (QED) is 0.683. The maximum Gasteiger partial charge on any atom is 0.250 e. The third-order valence-electron chi connectivity index (χ3n) is 2.38. The number of nitrogens with zero attached hydrogens (tertiary/aromatic N) is 2. The molecule has 0 saturated carbocycles. The molecule has 0 radical (unpaired) electrons. The van der Waals surface area contributed by atoms with Gasteiger partial charge in [0, 0.05) is 6.92 Å². The lowest BCUT2D eigenvalue weighted by Gasteiger charge is -2.09. The molecule has 1 heterocycles. The van der Waals surface area contributed by atoms with E-state index >= 15 is 0 Å². The van der Waals surface area contributed by atoms with Crippen LogP contribution in [0.5, 0.6) is 0 Å². The van der Waals surface area contributed by atoms with Crippen LogP contribution in [0.3, 0.4) is 0 Å². The lowest BCUT2D eigenvalue weighted by atomic mass is 10.1. The van der Waals surface area contributed by atoms with Gasteiger partial charge in [0.05, 0.1) is 23.5 Å². The Bertz CT molecular complexity index is 579. The Hall–Kier alpha value is -2.57. The molecule has 7 heteroatoms. The van der Waals surface area contributed by atoms with E-state index < -0.39 is 5.91 Å². The summed E-state index contributed by atoms with van der Waals surface area (Å²) >= 11 is 0. The van der Waals surface area contributed by atoms with Crippen LogP contribution in [-0.4, -0.2) is 16.0 Å². The lowest BCUT2D eigenvalue weighted by Crippen LogP contribution is -2.15. The van der Waals surface area contributed by atoms with E-state index in [4.69, 9.17) is 16.0 Å². The number of carbonyl (C=O) groups excluding carboxylic acids is 1. The minimum atomic E-state index is -0.563. The zero-order valence-corrected chi connectivity index (χ0v) is 9.80. The van der Waals surface area contributed by atoms with Crippen molar-refractivity contribution in [2.24, 2.45) is 5.73 Å². The summed E-state index contributed by atoms with van der Waals surface area (Å²) < 4.78 is 4.84. The summed E-state index contributed by atoms with van der Waals surface area (Å²) in [4.78, 5) is 15.2. The first-order chi connectivity index (χ1) is 8.58. The summed E-state index contributed by atoms with van der Waals surface area (Å²) in [6, 6.07) is 5.01. The van der Waals surface area contributed by atoms with Gasteiger partial charge in [-0.3, -0.25) is 4.79 Å². The summed E-state index contributed by atoms with van der Waals surface area (Å²) in [5, 5.41) is 6.76. The Morgan fingerprint density at radius 2 is 2.28 bits per heavy atom. The van der Waals surface area contributed by atoms with E-state index in [0.29, 0.717) is 29.6 Å². The fraction of sp³-hybridized carbons (Fsp3) is 0.182. The van der Waals surface area contributed by atoms with Gasteiger partial charge in [-0.2, -0.15) is 4.98 Å². The van der Waals surface area contributed by atoms with Crippen LogP contribution >= 0.6 is 0 Å². The van der Waals surface area contributed by atoms with Gasteiger partial charge >= 0.3 is 0 Å². The molecule has 5 N–H and O–H groups in total. The molecule has 0 aliphatic heterocycles. The third-order valence-corrected chi connectivity index (χ3v) is 2.38. The van der Waals surface area contributed by atoms with Crippen molar-refractivity contribution in [1.29, 1.82) is 0 Å². The molecule has 1 amide bonds. The van der Waals surface area contributed by atoms with E-state index in [0.717, 1.165) is 0 Å². The van der Waals surface area contributed by atoms with Gasteiger partial charge in [-0.15, -0.1) is 0 Å². The summed E-state index contributed by atoms with van der Waals surface area (Å²) in [6.07, 6.45) is 0. The first-order valence-corrected chi connectivity index (χ1v) is 5.29. The number of hydrogen-bond acceptors (Lipinski definition) is 6.